The van der Waals surface area contributed by atoms with Crippen molar-refractivity contribution in [3.8, 4) is 0 Å². The van der Waals surface area contributed by atoms with E-state index in [0.717, 1.165) is 12.0 Å². The van der Waals surface area contributed by atoms with Crippen LogP contribution in [0.3, 0.4) is 0 Å². The minimum absolute atomic E-state index is 0.487. The predicted octanol–water partition coefficient (Wildman–Crippen LogP) is 0.292. The zero-order valence-corrected chi connectivity index (χ0v) is 6.66. The molecule has 1 rings (SSSR count). The van der Waals surface area contributed by atoms with Gasteiger partial charge in [-0.05, 0) is 18.1 Å². The molecule has 1 heterocycles. The van der Waals surface area contributed by atoms with Crippen LogP contribution in [0.25, 0.3) is 0 Å². The molecule has 0 saturated heterocycles. The van der Waals surface area contributed by atoms with E-state index in [2.05, 4.69) is 10.3 Å². The van der Waals surface area contributed by atoms with E-state index in [1.165, 1.54) is 0 Å². The lowest BCUT2D eigenvalue weighted by Gasteiger charge is -2.00. The van der Waals surface area contributed by atoms with Crippen molar-refractivity contribution in [2.75, 3.05) is 6.54 Å². The summed E-state index contributed by atoms with van der Waals surface area (Å²) >= 11 is 0. The molecule has 3 N–H and O–H groups in total. The molecule has 0 radical (unpaired) electrons. The molecule has 0 aromatic carbocycles. The SMILES string of the molecule is NC(=O)NCCc1cccnc1. The second-order valence-corrected chi connectivity index (χ2v) is 2.40. The lowest BCUT2D eigenvalue weighted by Crippen LogP contribution is -2.30. The number of carbonyl (C=O) groups excluding carboxylic acids is 1. The van der Waals surface area contributed by atoms with Crippen molar-refractivity contribution < 1.29 is 4.79 Å². The molecule has 0 saturated carbocycles. The number of aromatic nitrogens is 1. The number of hydrogen-bond acceptors (Lipinski definition) is 2. The van der Waals surface area contributed by atoms with E-state index >= 15 is 0 Å². The Hall–Kier alpha value is -1.58. The first-order valence-corrected chi connectivity index (χ1v) is 3.71. The van der Waals surface area contributed by atoms with Crippen molar-refractivity contribution >= 4 is 6.03 Å². The van der Waals surface area contributed by atoms with Gasteiger partial charge in [0.2, 0.25) is 0 Å². The molecule has 0 aliphatic carbocycles. The molecule has 1 aromatic heterocycles. The van der Waals surface area contributed by atoms with Gasteiger partial charge in [0.15, 0.2) is 0 Å². The molecule has 0 bridgehead atoms. The van der Waals surface area contributed by atoms with Crippen LogP contribution in [-0.2, 0) is 6.42 Å². The van der Waals surface area contributed by atoms with Crippen LogP contribution in [-0.4, -0.2) is 17.6 Å². The monoisotopic (exact) mass is 165 g/mol. The van der Waals surface area contributed by atoms with Crippen LogP contribution in [0.5, 0.6) is 0 Å². The van der Waals surface area contributed by atoms with Crippen LogP contribution in [0.4, 0.5) is 4.79 Å². The Kier molecular flexibility index (Phi) is 3.07. The molecular formula is C8H11N3O. The van der Waals surface area contributed by atoms with Crippen molar-refractivity contribution in [1.82, 2.24) is 10.3 Å². The van der Waals surface area contributed by atoms with Crippen molar-refractivity contribution in [3.63, 3.8) is 0 Å². The van der Waals surface area contributed by atoms with Gasteiger partial charge in [-0.15, -0.1) is 0 Å². The number of urea groups is 1. The third-order valence-electron chi connectivity index (χ3n) is 1.44. The van der Waals surface area contributed by atoms with Crippen LogP contribution < -0.4 is 11.1 Å². The standard InChI is InChI=1S/C8H11N3O/c9-8(12)11-5-3-7-2-1-4-10-6-7/h1-2,4,6H,3,5H2,(H3,9,11,12). The second kappa shape index (κ2) is 4.33. The summed E-state index contributed by atoms with van der Waals surface area (Å²) in [5.74, 6) is 0. The fourth-order valence-electron chi connectivity index (χ4n) is 0.876. The average molecular weight is 165 g/mol. The maximum Gasteiger partial charge on any atom is 0.312 e. The summed E-state index contributed by atoms with van der Waals surface area (Å²) < 4.78 is 0. The van der Waals surface area contributed by atoms with Gasteiger partial charge in [-0.25, -0.2) is 4.79 Å². The van der Waals surface area contributed by atoms with E-state index in [-0.39, 0.29) is 0 Å². The Labute approximate surface area is 70.8 Å². The summed E-state index contributed by atoms with van der Waals surface area (Å²) in [6.45, 7) is 0.557. The number of nitrogens with one attached hydrogen (secondary N) is 1. The third kappa shape index (κ3) is 3.01. The molecule has 0 aliphatic rings. The van der Waals surface area contributed by atoms with Crippen LogP contribution in [0.2, 0.25) is 0 Å². The molecule has 0 aliphatic heterocycles. The van der Waals surface area contributed by atoms with Crippen LogP contribution in [0.15, 0.2) is 24.5 Å². The minimum Gasteiger partial charge on any atom is -0.352 e. The van der Waals surface area contributed by atoms with Gasteiger partial charge in [0, 0.05) is 18.9 Å². The first-order valence-electron chi connectivity index (χ1n) is 3.71. The fraction of sp³-hybridized carbons (Fsp3) is 0.250. The summed E-state index contributed by atoms with van der Waals surface area (Å²) in [4.78, 5) is 14.2. The third-order valence-corrected chi connectivity index (χ3v) is 1.44. The van der Waals surface area contributed by atoms with Crippen molar-refractivity contribution in [1.29, 1.82) is 0 Å². The van der Waals surface area contributed by atoms with E-state index in [1.54, 1.807) is 12.4 Å². The van der Waals surface area contributed by atoms with Crippen LogP contribution in [0, 0.1) is 0 Å². The number of nitrogens with two attached hydrogens (primary N) is 1. The number of pyridine rings is 1. The number of amides is 2. The van der Waals surface area contributed by atoms with E-state index < -0.39 is 6.03 Å². The number of carbonyl (C=O) groups is 1. The van der Waals surface area contributed by atoms with Crippen molar-refractivity contribution in [3.05, 3.63) is 30.1 Å². The zero-order valence-electron chi connectivity index (χ0n) is 6.66. The highest BCUT2D eigenvalue weighted by Gasteiger charge is 1.93. The summed E-state index contributed by atoms with van der Waals surface area (Å²) in [5, 5.41) is 2.51. The fourth-order valence-corrected chi connectivity index (χ4v) is 0.876. The lowest BCUT2D eigenvalue weighted by molar-refractivity contribution is 0.249. The molecule has 2 amide bonds. The first-order chi connectivity index (χ1) is 5.79. The molecule has 0 atom stereocenters. The van der Waals surface area contributed by atoms with E-state index in [4.69, 9.17) is 5.73 Å². The Morgan fingerprint density at radius 2 is 2.50 bits per heavy atom. The van der Waals surface area contributed by atoms with Crippen LogP contribution in [0.1, 0.15) is 5.56 Å². The predicted molar refractivity (Wildman–Crippen MR) is 45.5 cm³/mol. The zero-order chi connectivity index (χ0) is 8.81. The van der Waals surface area contributed by atoms with Gasteiger partial charge in [0.25, 0.3) is 0 Å². The summed E-state index contributed by atoms with van der Waals surface area (Å²) in [6.07, 6.45) is 4.24. The summed E-state index contributed by atoms with van der Waals surface area (Å²) in [7, 11) is 0. The highest BCUT2D eigenvalue weighted by atomic mass is 16.2. The molecule has 4 nitrogen and oxygen atoms in total. The Balaban J connectivity index is 2.29. The van der Waals surface area contributed by atoms with E-state index in [9.17, 15) is 4.79 Å². The number of hydrogen-bond donors (Lipinski definition) is 2. The Bertz CT molecular complexity index is 248. The molecule has 4 heteroatoms. The van der Waals surface area contributed by atoms with Gasteiger partial charge < -0.3 is 11.1 Å². The minimum atomic E-state index is -0.487. The number of nitrogens with zero attached hydrogens (tertiary/aromatic N) is 1. The van der Waals surface area contributed by atoms with Gasteiger partial charge >= 0.3 is 6.03 Å². The molecule has 0 unspecified atom stereocenters. The Morgan fingerprint density at radius 3 is 3.08 bits per heavy atom. The molecule has 1 aromatic rings. The van der Waals surface area contributed by atoms with Gasteiger partial charge in [-0.1, -0.05) is 6.07 Å². The largest absolute Gasteiger partial charge is 0.352 e. The summed E-state index contributed by atoms with van der Waals surface area (Å²) in [5.41, 5.74) is 5.98. The van der Waals surface area contributed by atoms with E-state index in [0.29, 0.717) is 6.54 Å². The maximum atomic E-state index is 10.3. The normalized spacial score (nSPS) is 9.33. The summed E-state index contributed by atoms with van der Waals surface area (Å²) in [6, 6.07) is 3.33. The maximum absolute atomic E-state index is 10.3. The number of rotatable bonds is 3. The molecule has 12 heavy (non-hydrogen) atoms. The topological polar surface area (TPSA) is 68.0 Å². The molecule has 0 spiro atoms. The second-order valence-electron chi connectivity index (χ2n) is 2.40. The number of primary amides is 1. The van der Waals surface area contributed by atoms with Gasteiger partial charge in [0.05, 0.1) is 0 Å². The Morgan fingerprint density at radius 1 is 1.67 bits per heavy atom. The molecule has 0 fully saturated rings. The highest BCUT2D eigenvalue weighted by Crippen LogP contribution is 1.94. The highest BCUT2D eigenvalue weighted by molar-refractivity contribution is 5.71. The van der Waals surface area contributed by atoms with Gasteiger partial charge in [-0.2, -0.15) is 0 Å². The van der Waals surface area contributed by atoms with Crippen LogP contribution >= 0.6 is 0 Å². The van der Waals surface area contributed by atoms with E-state index in [1.807, 2.05) is 12.1 Å². The van der Waals surface area contributed by atoms with Gasteiger partial charge in [0.1, 0.15) is 0 Å². The lowest BCUT2D eigenvalue weighted by atomic mass is 10.2. The first kappa shape index (κ1) is 8.52. The van der Waals surface area contributed by atoms with Crippen molar-refractivity contribution in [2.45, 2.75) is 6.42 Å². The molecular weight excluding hydrogens is 154 g/mol. The quantitative estimate of drug-likeness (QED) is 0.676. The van der Waals surface area contributed by atoms with Gasteiger partial charge in [-0.3, -0.25) is 4.98 Å². The van der Waals surface area contributed by atoms with Crippen molar-refractivity contribution in [2.24, 2.45) is 5.73 Å². The average Bonchev–Trinajstić information content (AvgIpc) is 2.05. The smallest absolute Gasteiger partial charge is 0.312 e. The molecule has 64 valence electrons.